The van der Waals surface area contributed by atoms with E-state index in [1.807, 2.05) is 31.2 Å². The van der Waals surface area contributed by atoms with E-state index in [1.54, 1.807) is 20.3 Å². The van der Waals surface area contributed by atoms with Crippen LogP contribution in [0.2, 0.25) is 0 Å². The zero-order valence-corrected chi connectivity index (χ0v) is 11.8. The third-order valence-electron chi connectivity index (χ3n) is 2.91. The highest BCUT2D eigenvalue weighted by Crippen LogP contribution is 2.24. The zero-order valence-electron chi connectivity index (χ0n) is 11.8. The fourth-order valence-corrected chi connectivity index (χ4v) is 1.85. The molecule has 1 heterocycles. The molecule has 1 unspecified atom stereocenters. The van der Waals surface area contributed by atoms with Crippen molar-refractivity contribution in [1.29, 1.82) is 0 Å². The Balaban J connectivity index is 2.23. The van der Waals surface area contributed by atoms with E-state index < -0.39 is 0 Å². The number of anilines is 2. The second kappa shape index (κ2) is 6.10. The molecule has 2 aromatic rings. The number of nitrogens with one attached hydrogen (secondary N) is 1. The maximum absolute atomic E-state index is 5.96. The van der Waals surface area contributed by atoms with Gasteiger partial charge in [-0.1, -0.05) is 18.2 Å². The summed E-state index contributed by atoms with van der Waals surface area (Å²) in [6.45, 7) is 1.99. The molecule has 0 fully saturated rings. The lowest BCUT2D eigenvalue weighted by molar-refractivity contribution is 0.372. The van der Waals surface area contributed by atoms with Crippen molar-refractivity contribution in [2.75, 3.05) is 25.3 Å². The van der Waals surface area contributed by atoms with Crippen molar-refractivity contribution in [3.05, 3.63) is 35.9 Å². The summed E-state index contributed by atoms with van der Waals surface area (Å²) < 4.78 is 10.2. The quantitative estimate of drug-likeness (QED) is 0.814. The summed E-state index contributed by atoms with van der Waals surface area (Å²) in [5.74, 6) is 1.30. The van der Waals surface area contributed by atoms with E-state index in [9.17, 15) is 0 Å². The lowest BCUT2D eigenvalue weighted by atomic mass is 10.1. The van der Waals surface area contributed by atoms with E-state index in [0.29, 0.717) is 17.7 Å². The normalized spacial score (nSPS) is 11.8. The first-order chi connectivity index (χ1) is 9.63. The van der Waals surface area contributed by atoms with Gasteiger partial charge in [0.05, 0.1) is 26.3 Å². The maximum Gasteiger partial charge on any atom is 0.229 e. The standard InChI is InChI=1S/C14H18N4O2/c1-9(10-6-4-5-7-11(10)15)16-14-17-12(19-2)8-13(18-14)20-3/h4-9H,15H2,1-3H3,(H,16,17,18). The lowest BCUT2D eigenvalue weighted by Gasteiger charge is -2.16. The molecule has 2 rings (SSSR count). The minimum absolute atomic E-state index is 0.0342. The van der Waals surface area contributed by atoms with Crippen LogP contribution in [0.3, 0.4) is 0 Å². The van der Waals surface area contributed by atoms with Crippen LogP contribution in [0.15, 0.2) is 30.3 Å². The molecule has 0 bridgehead atoms. The van der Waals surface area contributed by atoms with Gasteiger partial charge in [-0.05, 0) is 18.6 Å². The number of para-hydroxylation sites is 1. The predicted octanol–water partition coefficient (Wildman–Crippen LogP) is 2.25. The molecule has 20 heavy (non-hydrogen) atoms. The van der Waals surface area contributed by atoms with E-state index in [4.69, 9.17) is 15.2 Å². The summed E-state index contributed by atoms with van der Waals surface area (Å²) in [6.07, 6.45) is 0. The molecule has 0 saturated heterocycles. The van der Waals surface area contributed by atoms with Crippen LogP contribution in [0, 0.1) is 0 Å². The Hall–Kier alpha value is -2.50. The van der Waals surface area contributed by atoms with Crippen LogP contribution in [0.25, 0.3) is 0 Å². The maximum atomic E-state index is 5.96. The largest absolute Gasteiger partial charge is 0.481 e. The van der Waals surface area contributed by atoms with Crippen molar-refractivity contribution < 1.29 is 9.47 Å². The molecule has 3 N–H and O–H groups in total. The Morgan fingerprint density at radius 1 is 1.10 bits per heavy atom. The van der Waals surface area contributed by atoms with E-state index in [2.05, 4.69) is 15.3 Å². The SMILES string of the molecule is COc1cc(OC)nc(NC(C)c2ccccc2N)n1. The number of hydrogen-bond acceptors (Lipinski definition) is 6. The van der Waals surface area contributed by atoms with Crippen molar-refractivity contribution in [2.45, 2.75) is 13.0 Å². The van der Waals surface area contributed by atoms with Gasteiger partial charge in [0.2, 0.25) is 17.7 Å². The molecule has 0 aliphatic heterocycles. The van der Waals surface area contributed by atoms with E-state index in [1.165, 1.54) is 0 Å². The van der Waals surface area contributed by atoms with Crippen LogP contribution < -0.4 is 20.5 Å². The monoisotopic (exact) mass is 274 g/mol. The molecule has 0 aliphatic rings. The molecular weight excluding hydrogens is 256 g/mol. The van der Waals surface area contributed by atoms with E-state index in [-0.39, 0.29) is 6.04 Å². The van der Waals surface area contributed by atoms with Gasteiger partial charge in [-0.15, -0.1) is 0 Å². The average Bonchev–Trinajstić information content (AvgIpc) is 2.47. The minimum atomic E-state index is -0.0342. The van der Waals surface area contributed by atoms with Gasteiger partial charge < -0.3 is 20.5 Å². The molecule has 1 atom stereocenters. The van der Waals surface area contributed by atoms with E-state index in [0.717, 1.165) is 11.3 Å². The first-order valence-corrected chi connectivity index (χ1v) is 6.22. The molecule has 0 aliphatic carbocycles. The van der Waals surface area contributed by atoms with Crippen LogP contribution in [-0.2, 0) is 0 Å². The highest BCUT2D eigenvalue weighted by molar-refractivity contribution is 5.50. The number of hydrogen-bond donors (Lipinski definition) is 2. The van der Waals surface area contributed by atoms with Gasteiger partial charge in [0.15, 0.2) is 0 Å². The third-order valence-corrected chi connectivity index (χ3v) is 2.91. The second-order valence-corrected chi connectivity index (χ2v) is 4.27. The molecule has 1 aromatic carbocycles. The number of rotatable bonds is 5. The fraction of sp³-hybridized carbons (Fsp3) is 0.286. The van der Waals surface area contributed by atoms with Crippen LogP contribution in [0.4, 0.5) is 11.6 Å². The zero-order chi connectivity index (χ0) is 14.5. The minimum Gasteiger partial charge on any atom is -0.481 e. The van der Waals surface area contributed by atoms with Crippen molar-refractivity contribution in [2.24, 2.45) is 0 Å². The Bertz CT molecular complexity index is 567. The molecule has 1 aromatic heterocycles. The third kappa shape index (κ3) is 3.09. The number of benzene rings is 1. The van der Waals surface area contributed by atoms with Crippen molar-refractivity contribution in [3.8, 4) is 11.8 Å². The number of nitrogens with zero attached hydrogens (tertiary/aromatic N) is 2. The molecule has 6 nitrogen and oxygen atoms in total. The fourth-order valence-electron chi connectivity index (χ4n) is 1.85. The van der Waals surface area contributed by atoms with Gasteiger partial charge in [0.1, 0.15) is 0 Å². The van der Waals surface area contributed by atoms with Crippen LogP contribution in [-0.4, -0.2) is 24.2 Å². The number of nitrogens with two attached hydrogens (primary N) is 1. The highest BCUT2D eigenvalue weighted by Gasteiger charge is 2.12. The highest BCUT2D eigenvalue weighted by atomic mass is 16.5. The Morgan fingerprint density at radius 2 is 1.70 bits per heavy atom. The summed E-state index contributed by atoms with van der Waals surface area (Å²) in [5, 5.41) is 3.19. The van der Waals surface area contributed by atoms with Gasteiger partial charge >= 0.3 is 0 Å². The summed E-state index contributed by atoms with van der Waals surface area (Å²) in [5.41, 5.74) is 7.67. The average molecular weight is 274 g/mol. The molecule has 106 valence electrons. The predicted molar refractivity (Wildman–Crippen MR) is 78.0 cm³/mol. The van der Waals surface area contributed by atoms with Crippen LogP contribution in [0.1, 0.15) is 18.5 Å². The molecule has 0 radical (unpaired) electrons. The molecule has 6 heteroatoms. The van der Waals surface area contributed by atoms with Crippen LogP contribution in [0.5, 0.6) is 11.8 Å². The van der Waals surface area contributed by atoms with Gasteiger partial charge in [0, 0.05) is 5.69 Å². The Morgan fingerprint density at radius 3 is 2.25 bits per heavy atom. The van der Waals surface area contributed by atoms with Gasteiger partial charge in [-0.3, -0.25) is 0 Å². The summed E-state index contributed by atoms with van der Waals surface area (Å²) in [4.78, 5) is 8.46. The van der Waals surface area contributed by atoms with Gasteiger partial charge in [0.25, 0.3) is 0 Å². The number of aromatic nitrogens is 2. The number of ether oxygens (including phenoxy) is 2. The number of nitrogen functional groups attached to an aromatic ring is 1. The van der Waals surface area contributed by atoms with Crippen molar-refractivity contribution in [1.82, 2.24) is 9.97 Å². The van der Waals surface area contributed by atoms with Crippen molar-refractivity contribution in [3.63, 3.8) is 0 Å². The van der Waals surface area contributed by atoms with Crippen LogP contribution >= 0.6 is 0 Å². The summed E-state index contributed by atoms with van der Waals surface area (Å²) >= 11 is 0. The molecular formula is C14H18N4O2. The Kier molecular flexibility index (Phi) is 4.24. The lowest BCUT2D eigenvalue weighted by Crippen LogP contribution is -2.12. The van der Waals surface area contributed by atoms with Gasteiger partial charge in [-0.25, -0.2) is 0 Å². The molecule has 0 amide bonds. The first-order valence-electron chi connectivity index (χ1n) is 6.22. The van der Waals surface area contributed by atoms with E-state index >= 15 is 0 Å². The second-order valence-electron chi connectivity index (χ2n) is 4.27. The first kappa shape index (κ1) is 13.9. The molecule has 0 spiro atoms. The van der Waals surface area contributed by atoms with Crippen molar-refractivity contribution >= 4 is 11.6 Å². The topological polar surface area (TPSA) is 82.3 Å². The van der Waals surface area contributed by atoms with Gasteiger partial charge in [-0.2, -0.15) is 9.97 Å². The summed E-state index contributed by atoms with van der Waals surface area (Å²) in [7, 11) is 3.09. The number of methoxy groups -OCH3 is 2. The smallest absolute Gasteiger partial charge is 0.229 e. The molecule has 0 saturated carbocycles. The summed E-state index contributed by atoms with van der Waals surface area (Å²) in [6, 6.07) is 9.25. The Labute approximate surface area is 118 Å².